The summed E-state index contributed by atoms with van der Waals surface area (Å²) >= 11 is 0. The molecule has 0 aromatic carbocycles. The molecule has 0 unspecified atom stereocenters. The van der Waals surface area contributed by atoms with E-state index in [-0.39, 0.29) is 0 Å². The molecule has 2 aromatic rings. The van der Waals surface area contributed by atoms with E-state index in [1.54, 1.807) is 0 Å². The second kappa shape index (κ2) is 5.63. The molecule has 0 saturated heterocycles. The van der Waals surface area contributed by atoms with Gasteiger partial charge in [-0.1, -0.05) is 0 Å². The molecule has 0 N–H and O–H groups in total. The van der Waals surface area contributed by atoms with Crippen molar-refractivity contribution in [2.45, 2.75) is 13.1 Å². The fourth-order valence-corrected chi connectivity index (χ4v) is 1.71. The van der Waals surface area contributed by atoms with Crippen molar-refractivity contribution in [3.8, 4) is 0 Å². The van der Waals surface area contributed by atoms with Crippen LogP contribution < -0.4 is 9.13 Å². The molecule has 2 aromatic heterocycles. The average Bonchev–Trinajstić information content (AvgIpc) is 2.88. The van der Waals surface area contributed by atoms with Crippen LogP contribution in [0.25, 0.3) is 0 Å². The highest BCUT2D eigenvalue weighted by molar-refractivity contribution is 4.62. The van der Waals surface area contributed by atoms with Gasteiger partial charge < -0.3 is 4.74 Å². The fourth-order valence-electron chi connectivity index (χ4n) is 1.71. The van der Waals surface area contributed by atoms with E-state index in [9.17, 15) is 0 Å². The summed E-state index contributed by atoms with van der Waals surface area (Å²) in [6, 6.07) is 0. The Kier molecular flexibility index (Phi) is 3.93. The number of nitrogens with zero attached hydrogens (tertiary/aromatic N) is 4. The lowest BCUT2D eigenvalue weighted by molar-refractivity contribution is -0.704. The van der Waals surface area contributed by atoms with Gasteiger partial charge >= 0.3 is 0 Å². The molecule has 0 spiro atoms. The van der Waals surface area contributed by atoms with Gasteiger partial charge in [0.05, 0.1) is 27.3 Å². The monoisotopic (exact) mass is 236 g/mol. The van der Waals surface area contributed by atoms with Crippen molar-refractivity contribution < 1.29 is 13.9 Å². The molecule has 0 amide bonds. The topological polar surface area (TPSA) is 26.8 Å². The number of aromatic nitrogens is 4. The van der Waals surface area contributed by atoms with Crippen molar-refractivity contribution in [2.75, 3.05) is 13.2 Å². The van der Waals surface area contributed by atoms with Crippen molar-refractivity contribution in [3.05, 3.63) is 37.4 Å². The first-order valence-corrected chi connectivity index (χ1v) is 5.84. The Hall–Kier alpha value is -1.62. The predicted octanol–water partition coefficient (Wildman–Crippen LogP) is -0.345. The van der Waals surface area contributed by atoms with Crippen LogP contribution in [-0.4, -0.2) is 22.3 Å². The second-order valence-electron chi connectivity index (χ2n) is 4.25. The molecular weight excluding hydrogens is 216 g/mol. The zero-order valence-electron chi connectivity index (χ0n) is 10.5. The summed E-state index contributed by atoms with van der Waals surface area (Å²) in [5.41, 5.74) is 0. The normalized spacial score (nSPS) is 10.9. The molecule has 0 aliphatic carbocycles. The van der Waals surface area contributed by atoms with E-state index in [1.807, 2.05) is 35.6 Å². The molecule has 0 radical (unpaired) electrons. The van der Waals surface area contributed by atoms with Crippen LogP contribution in [-0.2, 0) is 31.9 Å². The highest BCUT2D eigenvalue weighted by atomic mass is 16.5. The Balaban J connectivity index is 1.60. The quantitative estimate of drug-likeness (QED) is 0.498. The second-order valence-corrected chi connectivity index (χ2v) is 4.25. The zero-order chi connectivity index (χ0) is 12.1. The number of hydrogen-bond donors (Lipinski definition) is 0. The predicted molar refractivity (Wildman–Crippen MR) is 62.0 cm³/mol. The molecule has 0 bridgehead atoms. The molecule has 17 heavy (non-hydrogen) atoms. The van der Waals surface area contributed by atoms with E-state index in [1.165, 1.54) is 0 Å². The molecule has 5 heteroatoms. The van der Waals surface area contributed by atoms with Crippen molar-refractivity contribution in [2.24, 2.45) is 14.1 Å². The van der Waals surface area contributed by atoms with Crippen molar-refractivity contribution >= 4 is 0 Å². The maximum atomic E-state index is 5.60. The van der Waals surface area contributed by atoms with Crippen LogP contribution in [0.4, 0.5) is 0 Å². The number of ether oxygens (including phenoxy) is 1. The van der Waals surface area contributed by atoms with Gasteiger partial charge in [-0.05, 0) is 0 Å². The largest absolute Gasteiger partial charge is 0.373 e. The van der Waals surface area contributed by atoms with E-state index in [0.29, 0.717) is 0 Å². The molecule has 0 fully saturated rings. The van der Waals surface area contributed by atoms with E-state index < -0.39 is 0 Å². The van der Waals surface area contributed by atoms with Crippen LogP contribution in [0.1, 0.15) is 0 Å². The van der Waals surface area contributed by atoms with E-state index in [4.69, 9.17) is 4.74 Å². The third kappa shape index (κ3) is 3.71. The lowest BCUT2D eigenvalue weighted by atomic mass is 10.6. The number of aryl methyl sites for hydroxylation is 2. The highest BCUT2D eigenvalue weighted by Gasteiger charge is 2.01. The molecule has 2 heterocycles. The number of rotatable bonds is 6. The summed E-state index contributed by atoms with van der Waals surface area (Å²) in [4.78, 5) is 0. The Morgan fingerprint density at radius 3 is 1.71 bits per heavy atom. The van der Waals surface area contributed by atoms with Crippen LogP contribution in [0, 0.1) is 0 Å². The minimum absolute atomic E-state index is 0.752. The lowest BCUT2D eigenvalue weighted by Gasteiger charge is -2.00. The molecule has 92 valence electrons. The van der Waals surface area contributed by atoms with Gasteiger partial charge in [0.2, 0.25) is 12.7 Å². The van der Waals surface area contributed by atoms with Gasteiger partial charge in [-0.15, -0.1) is 0 Å². The molecule has 2 rings (SSSR count). The van der Waals surface area contributed by atoms with E-state index >= 15 is 0 Å². The third-order valence-electron chi connectivity index (χ3n) is 2.64. The molecular formula is C12H20N4O+2. The molecule has 5 nitrogen and oxygen atoms in total. The Bertz CT molecular complexity index is 418. The van der Waals surface area contributed by atoms with Crippen LogP contribution in [0.2, 0.25) is 0 Å². The van der Waals surface area contributed by atoms with Crippen molar-refractivity contribution in [1.82, 2.24) is 9.13 Å². The number of imidazole rings is 2. The van der Waals surface area contributed by atoms with Crippen LogP contribution >= 0.6 is 0 Å². The van der Waals surface area contributed by atoms with Crippen LogP contribution in [0.15, 0.2) is 37.4 Å². The maximum Gasteiger partial charge on any atom is 0.243 e. The zero-order valence-corrected chi connectivity index (χ0v) is 10.5. The summed E-state index contributed by atoms with van der Waals surface area (Å²) < 4.78 is 13.9. The van der Waals surface area contributed by atoms with Gasteiger partial charge in [0.15, 0.2) is 0 Å². The van der Waals surface area contributed by atoms with Gasteiger partial charge in [0.25, 0.3) is 0 Å². The van der Waals surface area contributed by atoms with Gasteiger partial charge in [-0.25, -0.2) is 18.3 Å². The smallest absolute Gasteiger partial charge is 0.243 e. The van der Waals surface area contributed by atoms with E-state index in [2.05, 4.69) is 34.2 Å². The SMILES string of the molecule is Cn1cc[n+](CCOCC[n+]2ccn(C)c2)c1. The van der Waals surface area contributed by atoms with Crippen LogP contribution in [0.5, 0.6) is 0 Å². The molecule has 0 saturated carbocycles. The Morgan fingerprint density at radius 1 is 0.882 bits per heavy atom. The average molecular weight is 236 g/mol. The third-order valence-corrected chi connectivity index (χ3v) is 2.64. The lowest BCUT2D eigenvalue weighted by Crippen LogP contribution is -2.36. The fraction of sp³-hybridized carbons (Fsp3) is 0.500. The number of hydrogen-bond acceptors (Lipinski definition) is 1. The minimum Gasteiger partial charge on any atom is -0.373 e. The summed E-state index contributed by atoms with van der Waals surface area (Å²) in [7, 11) is 4.03. The van der Waals surface area contributed by atoms with Gasteiger partial charge in [-0.3, -0.25) is 0 Å². The van der Waals surface area contributed by atoms with Gasteiger partial charge in [0, 0.05) is 0 Å². The first-order chi connectivity index (χ1) is 8.24. The van der Waals surface area contributed by atoms with Crippen molar-refractivity contribution in [3.63, 3.8) is 0 Å². The molecule has 0 atom stereocenters. The standard InChI is InChI=1S/C12H20N4O/c1-13-3-5-15(11-13)7-9-17-10-8-16-6-4-14(2)12-16/h3-6,11-12H,7-10H2,1-2H3/q+2. The highest BCUT2D eigenvalue weighted by Crippen LogP contribution is 1.81. The minimum atomic E-state index is 0.752. The van der Waals surface area contributed by atoms with E-state index in [0.717, 1.165) is 26.3 Å². The summed E-state index contributed by atoms with van der Waals surface area (Å²) in [5, 5.41) is 0. The maximum absolute atomic E-state index is 5.60. The molecule has 0 aliphatic rings. The van der Waals surface area contributed by atoms with Crippen molar-refractivity contribution in [1.29, 1.82) is 0 Å². The van der Waals surface area contributed by atoms with Crippen LogP contribution in [0.3, 0.4) is 0 Å². The summed E-state index contributed by atoms with van der Waals surface area (Å²) in [5.74, 6) is 0. The first kappa shape index (κ1) is 11.9. The van der Waals surface area contributed by atoms with Gasteiger partial charge in [-0.2, -0.15) is 0 Å². The summed E-state index contributed by atoms with van der Waals surface area (Å²) in [6.07, 6.45) is 12.3. The summed E-state index contributed by atoms with van der Waals surface area (Å²) in [6.45, 7) is 3.31. The van der Waals surface area contributed by atoms with Gasteiger partial charge in [0.1, 0.15) is 37.9 Å². The first-order valence-electron chi connectivity index (χ1n) is 5.84. The Labute approximate surface area is 101 Å². The Morgan fingerprint density at radius 2 is 1.35 bits per heavy atom. The molecule has 0 aliphatic heterocycles.